The van der Waals surface area contributed by atoms with Gasteiger partial charge in [0.05, 0.1) is 31.3 Å². The van der Waals surface area contributed by atoms with Crippen molar-refractivity contribution in [3.05, 3.63) is 72.1 Å². The molecule has 3 aromatic rings. The van der Waals surface area contributed by atoms with Crippen LogP contribution < -0.4 is 10.1 Å². The lowest BCUT2D eigenvalue weighted by atomic mass is 10.1. The van der Waals surface area contributed by atoms with E-state index in [9.17, 15) is 5.11 Å². The van der Waals surface area contributed by atoms with Crippen LogP contribution in [0.3, 0.4) is 0 Å². The van der Waals surface area contributed by atoms with Crippen LogP contribution in [0.15, 0.2) is 60.9 Å². The molecule has 130 valence electrons. The van der Waals surface area contributed by atoms with Crippen LogP contribution in [-0.4, -0.2) is 33.8 Å². The molecule has 2 N–H and O–H groups in total. The van der Waals surface area contributed by atoms with Crippen LogP contribution in [-0.2, 0) is 0 Å². The highest BCUT2D eigenvalue weighted by atomic mass is 16.5. The fourth-order valence-corrected chi connectivity index (χ4v) is 2.63. The van der Waals surface area contributed by atoms with E-state index >= 15 is 0 Å². The molecule has 0 aliphatic rings. The zero-order chi connectivity index (χ0) is 17.6. The molecule has 0 aliphatic heterocycles. The summed E-state index contributed by atoms with van der Waals surface area (Å²) in [5, 5.41) is 21.5. The number of aliphatic hydroxyl groups is 1. The van der Waals surface area contributed by atoms with E-state index in [0.29, 0.717) is 6.54 Å². The third-order valence-corrected chi connectivity index (χ3v) is 4.18. The molecule has 0 saturated carbocycles. The summed E-state index contributed by atoms with van der Waals surface area (Å²) in [6.07, 6.45) is 2.87. The second kappa shape index (κ2) is 7.92. The predicted octanol–water partition coefficient (Wildman–Crippen LogP) is 2.66. The van der Waals surface area contributed by atoms with Gasteiger partial charge in [0, 0.05) is 12.6 Å². The third-order valence-electron chi connectivity index (χ3n) is 4.18. The average molecular weight is 338 g/mol. The van der Waals surface area contributed by atoms with E-state index in [-0.39, 0.29) is 6.04 Å². The first-order valence-corrected chi connectivity index (χ1v) is 8.19. The van der Waals surface area contributed by atoms with Gasteiger partial charge < -0.3 is 15.2 Å². The molecular weight excluding hydrogens is 316 g/mol. The van der Waals surface area contributed by atoms with E-state index in [2.05, 4.69) is 22.6 Å². The normalized spacial score (nSPS) is 13.4. The molecule has 25 heavy (non-hydrogen) atoms. The summed E-state index contributed by atoms with van der Waals surface area (Å²) in [6.45, 7) is 2.53. The summed E-state index contributed by atoms with van der Waals surface area (Å²) in [7, 11) is 1.62. The van der Waals surface area contributed by atoms with Gasteiger partial charge in [0.25, 0.3) is 0 Å². The molecule has 0 amide bonds. The fourth-order valence-electron chi connectivity index (χ4n) is 2.63. The molecule has 1 aromatic heterocycles. The summed E-state index contributed by atoms with van der Waals surface area (Å²) in [4.78, 5) is 0. The van der Waals surface area contributed by atoms with Crippen LogP contribution in [0.5, 0.6) is 5.75 Å². The maximum atomic E-state index is 10.4. The summed E-state index contributed by atoms with van der Waals surface area (Å²) in [5.41, 5.74) is 2.94. The Morgan fingerprint density at radius 2 is 1.96 bits per heavy atom. The molecule has 2 aromatic carbocycles. The van der Waals surface area contributed by atoms with Gasteiger partial charge in [0.1, 0.15) is 5.75 Å². The van der Waals surface area contributed by atoms with Gasteiger partial charge in [-0.15, -0.1) is 5.10 Å². The number of aliphatic hydroxyl groups excluding tert-OH is 1. The van der Waals surface area contributed by atoms with Gasteiger partial charge in [-0.25, -0.2) is 4.68 Å². The molecule has 6 nitrogen and oxygen atoms in total. The molecular formula is C19H22N4O2. The van der Waals surface area contributed by atoms with Gasteiger partial charge in [-0.3, -0.25) is 0 Å². The van der Waals surface area contributed by atoms with E-state index in [1.165, 1.54) is 0 Å². The number of rotatable bonds is 7. The van der Waals surface area contributed by atoms with Crippen molar-refractivity contribution < 1.29 is 9.84 Å². The van der Waals surface area contributed by atoms with E-state index in [0.717, 1.165) is 22.6 Å². The highest BCUT2D eigenvalue weighted by molar-refractivity contribution is 5.34. The standard InChI is InChI=1S/C19H22N4O2/c1-14(15-6-8-17(9-7-15)23-11-10-21-22-23)20-13-19(24)16-4-3-5-18(12-16)25-2/h3-12,14,19-20,24H,13H2,1-2H3. The number of hydrogen-bond donors (Lipinski definition) is 2. The second-order valence-corrected chi connectivity index (χ2v) is 5.86. The van der Waals surface area contributed by atoms with Gasteiger partial charge >= 0.3 is 0 Å². The molecule has 2 atom stereocenters. The minimum atomic E-state index is -0.591. The van der Waals surface area contributed by atoms with Gasteiger partial charge in [-0.1, -0.05) is 29.5 Å². The molecule has 0 bridgehead atoms. The smallest absolute Gasteiger partial charge is 0.119 e. The quantitative estimate of drug-likeness (QED) is 0.693. The summed E-state index contributed by atoms with van der Waals surface area (Å²) in [5.74, 6) is 0.744. The Morgan fingerprint density at radius 1 is 1.16 bits per heavy atom. The Kier molecular flexibility index (Phi) is 5.42. The second-order valence-electron chi connectivity index (χ2n) is 5.86. The minimum Gasteiger partial charge on any atom is -0.497 e. The highest BCUT2D eigenvalue weighted by Gasteiger charge is 2.11. The molecule has 3 rings (SSSR count). The van der Waals surface area contributed by atoms with Gasteiger partial charge in [-0.05, 0) is 42.3 Å². The number of hydrogen-bond acceptors (Lipinski definition) is 5. The number of benzene rings is 2. The lowest BCUT2D eigenvalue weighted by Crippen LogP contribution is -2.24. The first-order valence-electron chi connectivity index (χ1n) is 8.19. The Morgan fingerprint density at radius 3 is 2.64 bits per heavy atom. The number of nitrogens with one attached hydrogen (secondary N) is 1. The molecule has 6 heteroatoms. The number of nitrogens with zero attached hydrogens (tertiary/aromatic N) is 3. The lowest BCUT2D eigenvalue weighted by molar-refractivity contribution is 0.170. The predicted molar refractivity (Wildman–Crippen MR) is 95.7 cm³/mol. The Labute approximate surface area is 147 Å². The largest absolute Gasteiger partial charge is 0.497 e. The van der Waals surface area contributed by atoms with Crippen molar-refractivity contribution in [1.29, 1.82) is 0 Å². The van der Waals surface area contributed by atoms with Crippen LogP contribution in [0.2, 0.25) is 0 Å². The molecule has 0 aliphatic carbocycles. The van der Waals surface area contributed by atoms with Crippen molar-refractivity contribution in [3.63, 3.8) is 0 Å². The van der Waals surface area contributed by atoms with Gasteiger partial charge in [0.2, 0.25) is 0 Å². The number of ether oxygens (including phenoxy) is 1. The zero-order valence-corrected chi connectivity index (χ0v) is 14.3. The van der Waals surface area contributed by atoms with E-state index in [1.54, 1.807) is 24.2 Å². The van der Waals surface area contributed by atoms with Crippen molar-refractivity contribution in [2.24, 2.45) is 0 Å². The summed E-state index contributed by atoms with van der Waals surface area (Å²) >= 11 is 0. The summed E-state index contributed by atoms with van der Waals surface area (Å²) < 4.78 is 6.92. The Hall–Kier alpha value is -2.70. The van der Waals surface area contributed by atoms with E-state index in [1.807, 2.05) is 48.5 Å². The molecule has 2 unspecified atom stereocenters. The van der Waals surface area contributed by atoms with Crippen molar-refractivity contribution in [2.75, 3.05) is 13.7 Å². The minimum absolute atomic E-state index is 0.116. The van der Waals surface area contributed by atoms with E-state index < -0.39 is 6.10 Å². The van der Waals surface area contributed by atoms with Crippen molar-refractivity contribution in [2.45, 2.75) is 19.1 Å². The molecule has 0 saturated heterocycles. The summed E-state index contributed by atoms with van der Waals surface area (Å²) in [6, 6.07) is 15.7. The van der Waals surface area contributed by atoms with Crippen molar-refractivity contribution in [3.8, 4) is 11.4 Å². The molecule has 0 spiro atoms. The fraction of sp³-hybridized carbons (Fsp3) is 0.263. The number of aromatic nitrogens is 3. The SMILES string of the molecule is COc1cccc(C(O)CNC(C)c2ccc(-n3ccnn3)cc2)c1. The average Bonchev–Trinajstić information content (AvgIpc) is 3.20. The molecule has 0 fully saturated rings. The first-order chi connectivity index (χ1) is 12.2. The monoisotopic (exact) mass is 338 g/mol. The first kappa shape index (κ1) is 17.1. The lowest BCUT2D eigenvalue weighted by Gasteiger charge is -2.18. The maximum absolute atomic E-state index is 10.4. The third kappa shape index (κ3) is 4.23. The van der Waals surface area contributed by atoms with E-state index in [4.69, 9.17) is 4.74 Å². The van der Waals surface area contributed by atoms with Crippen molar-refractivity contribution >= 4 is 0 Å². The van der Waals surface area contributed by atoms with Gasteiger partial charge in [0.15, 0.2) is 0 Å². The topological polar surface area (TPSA) is 72.2 Å². The van der Waals surface area contributed by atoms with Crippen LogP contribution in [0.25, 0.3) is 5.69 Å². The van der Waals surface area contributed by atoms with Crippen LogP contribution in [0.1, 0.15) is 30.2 Å². The molecule has 1 heterocycles. The van der Waals surface area contributed by atoms with Gasteiger partial charge in [-0.2, -0.15) is 0 Å². The molecule has 0 radical (unpaired) electrons. The zero-order valence-electron chi connectivity index (χ0n) is 14.3. The Balaban J connectivity index is 1.59. The van der Waals surface area contributed by atoms with Crippen molar-refractivity contribution in [1.82, 2.24) is 20.3 Å². The number of methoxy groups -OCH3 is 1. The highest BCUT2D eigenvalue weighted by Crippen LogP contribution is 2.20. The van der Waals surface area contributed by atoms with Crippen LogP contribution >= 0.6 is 0 Å². The Bertz CT molecular complexity index is 787. The maximum Gasteiger partial charge on any atom is 0.119 e. The van der Waals surface area contributed by atoms with Crippen LogP contribution in [0.4, 0.5) is 0 Å². The van der Waals surface area contributed by atoms with Crippen LogP contribution in [0, 0.1) is 0 Å².